The highest BCUT2D eigenvalue weighted by molar-refractivity contribution is 7.05. The van der Waals surface area contributed by atoms with Crippen molar-refractivity contribution in [1.82, 2.24) is 24.5 Å². The molecule has 1 saturated heterocycles. The predicted octanol–water partition coefficient (Wildman–Crippen LogP) is 4.01. The van der Waals surface area contributed by atoms with Crippen LogP contribution in [0.2, 0.25) is 0 Å². The maximum absolute atomic E-state index is 13.2. The van der Waals surface area contributed by atoms with Gasteiger partial charge in [0.2, 0.25) is 0 Å². The van der Waals surface area contributed by atoms with Crippen molar-refractivity contribution in [3.63, 3.8) is 0 Å². The van der Waals surface area contributed by atoms with Gasteiger partial charge < -0.3 is 14.6 Å². The van der Waals surface area contributed by atoms with Gasteiger partial charge in [0.25, 0.3) is 5.91 Å². The number of rotatable bonds is 5. The number of imidazole rings is 1. The molecule has 0 spiro atoms. The van der Waals surface area contributed by atoms with Crippen LogP contribution in [0.15, 0.2) is 54.6 Å². The summed E-state index contributed by atoms with van der Waals surface area (Å²) in [6.07, 6.45) is 1.93. The van der Waals surface area contributed by atoms with Crippen LogP contribution in [0.1, 0.15) is 39.9 Å². The van der Waals surface area contributed by atoms with E-state index in [1.807, 2.05) is 59.5 Å². The molecule has 1 unspecified atom stereocenters. The Hall–Kier alpha value is -3.26. The highest BCUT2D eigenvalue weighted by Gasteiger charge is 2.30. The summed E-state index contributed by atoms with van der Waals surface area (Å²) in [7, 11) is 0. The van der Waals surface area contributed by atoms with Crippen LogP contribution in [0.4, 0.5) is 0 Å². The van der Waals surface area contributed by atoms with E-state index in [0.717, 1.165) is 40.3 Å². The first-order valence-corrected chi connectivity index (χ1v) is 10.8. The zero-order valence-electron chi connectivity index (χ0n) is 16.3. The molecule has 4 aromatic rings. The minimum absolute atomic E-state index is 0.0868. The Kier molecular flexibility index (Phi) is 5.15. The van der Waals surface area contributed by atoms with E-state index in [2.05, 4.69) is 14.6 Å². The summed E-state index contributed by atoms with van der Waals surface area (Å²) >= 11 is 1.21. The number of hydrogen-bond donors (Lipinski definition) is 1. The standard InChI is InChI=1S/C22H21N5O2S/c28-22(20-19(30-26-25-20)14-29-16-8-2-1-3-9-16)27-12-6-7-15(13-27)21-23-17-10-4-5-11-18(17)24-21/h1-5,8-11,15H,6-7,12-14H2,(H,23,24). The molecular formula is C22H21N5O2S. The van der Waals surface area contributed by atoms with Gasteiger partial charge >= 0.3 is 0 Å². The number of nitrogens with one attached hydrogen (secondary N) is 1. The number of carbonyl (C=O) groups is 1. The minimum atomic E-state index is -0.0868. The average molecular weight is 420 g/mol. The van der Waals surface area contributed by atoms with Crippen LogP contribution < -0.4 is 4.74 Å². The SMILES string of the molecule is O=C(c1nnsc1COc1ccccc1)N1CCCC(c2nc3ccccc3[nH]2)C1. The number of carbonyl (C=O) groups excluding carboxylic acids is 1. The zero-order valence-corrected chi connectivity index (χ0v) is 17.1. The van der Waals surface area contributed by atoms with E-state index in [4.69, 9.17) is 9.72 Å². The molecule has 0 aliphatic carbocycles. The van der Waals surface area contributed by atoms with Crippen LogP contribution in [0.3, 0.4) is 0 Å². The average Bonchev–Trinajstić information content (AvgIpc) is 3.45. The number of amides is 1. The van der Waals surface area contributed by atoms with E-state index in [1.54, 1.807) is 0 Å². The van der Waals surface area contributed by atoms with Crippen molar-refractivity contribution in [3.05, 3.63) is 71.0 Å². The van der Waals surface area contributed by atoms with Gasteiger partial charge in [-0.15, -0.1) is 5.10 Å². The van der Waals surface area contributed by atoms with E-state index < -0.39 is 0 Å². The zero-order chi connectivity index (χ0) is 20.3. The van der Waals surface area contributed by atoms with Gasteiger partial charge in [-0.2, -0.15) is 0 Å². The van der Waals surface area contributed by atoms with Crippen LogP contribution in [0.25, 0.3) is 11.0 Å². The number of ether oxygens (including phenoxy) is 1. The number of piperidine rings is 1. The van der Waals surface area contributed by atoms with Crippen molar-refractivity contribution in [1.29, 1.82) is 0 Å². The summed E-state index contributed by atoms with van der Waals surface area (Å²) in [6, 6.07) is 17.5. The first-order valence-electron chi connectivity index (χ1n) is 10.0. The number of benzene rings is 2. The molecule has 0 saturated carbocycles. The second kappa shape index (κ2) is 8.23. The third kappa shape index (κ3) is 3.78. The van der Waals surface area contributed by atoms with Gasteiger partial charge in [-0.1, -0.05) is 34.8 Å². The van der Waals surface area contributed by atoms with Gasteiger partial charge in [-0.25, -0.2) is 4.98 Å². The van der Waals surface area contributed by atoms with Crippen molar-refractivity contribution < 1.29 is 9.53 Å². The fraction of sp³-hybridized carbons (Fsp3) is 0.273. The molecule has 2 aromatic heterocycles. The van der Waals surface area contributed by atoms with Crippen LogP contribution >= 0.6 is 11.5 Å². The lowest BCUT2D eigenvalue weighted by atomic mass is 9.97. The molecule has 152 valence electrons. The molecule has 1 N–H and O–H groups in total. The number of nitrogens with zero attached hydrogens (tertiary/aromatic N) is 4. The molecule has 1 aliphatic heterocycles. The molecule has 2 aromatic carbocycles. The van der Waals surface area contributed by atoms with Gasteiger partial charge in [0.1, 0.15) is 18.2 Å². The summed E-state index contributed by atoms with van der Waals surface area (Å²) in [5.74, 6) is 1.80. The highest BCUT2D eigenvalue weighted by atomic mass is 32.1. The molecule has 8 heteroatoms. The van der Waals surface area contributed by atoms with Crippen LogP contribution in [0, 0.1) is 0 Å². The van der Waals surface area contributed by atoms with Crippen molar-refractivity contribution in [2.75, 3.05) is 13.1 Å². The Morgan fingerprint density at radius 2 is 2.00 bits per heavy atom. The molecule has 1 aliphatic rings. The predicted molar refractivity (Wildman–Crippen MR) is 115 cm³/mol. The topological polar surface area (TPSA) is 84.0 Å². The molecule has 3 heterocycles. The first-order chi connectivity index (χ1) is 14.8. The molecule has 1 atom stereocenters. The van der Waals surface area contributed by atoms with E-state index in [9.17, 15) is 4.79 Å². The molecule has 0 radical (unpaired) electrons. The molecule has 30 heavy (non-hydrogen) atoms. The first kappa shape index (κ1) is 18.7. The van der Waals surface area contributed by atoms with Gasteiger partial charge in [0.05, 0.1) is 15.9 Å². The van der Waals surface area contributed by atoms with Crippen LogP contribution in [-0.4, -0.2) is 43.5 Å². The largest absolute Gasteiger partial charge is 0.488 e. The van der Waals surface area contributed by atoms with E-state index in [1.165, 1.54) is 11.5 Å². The highest BCUT2D eigenvalue weighted by Crippen LogP contribution is 2.28. The summed E-state index contributed by atoms with van der Waals surface area (Å²) in [6.45, 7) is 1.62. The van der Waals surface area contributed by atoms with E-state index in [-0.39, 0.29) is 18.4 Å². The normalized spacial score (nSPS) is 16.7. The van der Waals surface area contributed by atoms with Crippen molar-refractivity contribution >= 4 is 28.5 Å². The van der Waals surface area contributed by atoms with Crippen LogP contribution in [0.5, 0.6) is 5.75 Å². The van der Waals surface area contributed by atoms with Crippen molar-refractivity contribution in [2.45, 2.75) is 25.4 Å². The number of likely N-dealkylation sites (tertiary alicyclic amines) is 1. The van der Waals surface area contributed by atoms with Crippen molar-refractivity contribution in [2.24, 2.45) is 0 Å². The summed E-state index contributed by atoms with van der Waals surface area (Å²) in [5.41, 5.74) is 2.38. The lowest BCUT2D eigenvalue weighted by Crippen LogP contribution is -2.40. The van der Waals surface area contributed by atoms with Gasteiger partial charge in [-0.05, 0) is 48.6 Å². The molecule has 5 rings (SSSR count). The third-order valence-corrected chi connectivity index (χ3v) is 6.07. The second-order valence-electron chi connectivity index (χ2n) is 7.38. The van der Waals surface area contributed by atoms with E-state index in [0.29, 0.717) is 18.8 Å². The second-order valence-corrected chi connectivity index (χ2v) is 8.21. The Bertz CT molecular complexity index is 1120. The Morgan fingerprint density at radius 1 is 1.17 bits per heavy atom. The number of aromatic amines is 1. The smallest absolute Gasteiger partial charge is 0.275 e. The Morgan fingerprint density at radius 3 is 2.87 bits per heavy atom. The van der Waals surface area contributed by atoms with Gasteiger partial charge in [-0.3, -0.25) is 4.79 Å². The summed E-state index contributed by atoms with van der Waals surface area (Å²) < 4.78 is 9.80. The molecule has 0 bridgehead atoms. The molecule has 1 amide bonds. The third-order valence-electron chi connectivity index (χ3n) is 5.37. The summed E-state index contributed by atoms with van der Waals surface area (Å²) in [4.78, 5) is 23.9. The maximum atomic E-state index is 13.2. The maximum Gasteiger partial charge on any atom is 0.275 e. The number of H-pyrrole nitrogens is 1. The van der Waals surface area contributed by atoms with Gasteiger partial charge in [0, 0.05) is 19.0 Å². The Balaban J connectivity index is 1.30. The molecule has 7 nitrogen and oxygen atoms in total. The number of aromatic nitrogens is 4. The van der Waals surface area contributed by atoms with Crippen LogP contribution in [-0.2, 0) is 6.61 Å². The number of hydrogen-bond acceptors (Lipinski definition) is 6. The van der Waals surface area contributed by atoms with Gasteiger partial charge in [0.15, 0.2) is 5.69 Å². The molecule has 1 fully saturated rings. The minimum Gasteiger partial charge on any atom is -0.488 e. The van der Waals surface area contributed by atoms with Crippen molar-refractivity contribution in [3.8, 4) is 5.75 Å². The fourth-order valence-electron chi connectivity index (χ4n) is 3.83. The fourth-order valence-corrected chi connectivity index (χ4v) is 4.38. The quantitative estimate of drug-likeness (QED) is 0.528. The van der Waals surface area contributed by atoms with E-state index >= 15 is 0 Å². The molecular weight excluding hydrogens is 398 g/mol. The summed E-state index contributed by atoms with van der Waals surface area (Å²) in [5, 5.41) is 4.11. The lowest BCUT2D eigenvalue weighted by molar-refractivity contribution is 0.0696. The lowest BCUT2D eigenvalue weighted by Gasteiger charge is -2.31. The monoisotopic (exact) mass is 419 g/mol. The number of para-hydroxylation sites is 3. The number of fused-ring (bicyclic) bond motifs is 1. The Labute approximate surface area is 177 Å².